The van der Waals surface area contributed by atoms with Crippen molar-refractivity contribution in [2.75, 3.05) is 49.5 Å². The van der Waals surface area contributed by atoms with Gasteiger partial charge in [0.25, 0.3) is 0 Å². The number of hydrogen-bond acceptors (Lipinski definition) is 5. The number of hydrogen-bond donors (Lipinski definition) is 1. The lowest BCUT2D eigenvalue weighted by molar-refractivity contribution is 0.261. The molecule has 2 aromatic heterocycles. The van der Waals surface area contributed by atoms with Gasteiger partial charge in [0.1, 0.15) is 0 Å². The second-order valence-electron chi connectivity index (χ2n) is 7.35. The summed E-state index contributed by atoms with van der Waals surface area (Å²) in [5.74, 6) is 0. The number of anilines is 2. The third-order valence-corrected chi connectivity index (χ3v) is 6.96. The highest BCUT2D eigenvalue weighted by Gasteiger charge is 2.20. The number of piperazine rings is 1. The number of nitrogens with zero attached hydrogens (tertiary/aromatic N) is 3. The minimum atomic E-state index is 0.900. The van der Waals surface area contributed by atoms with Crippen LogP contribution in [0.5, 0.6) is 0 Å². The molecule has 1 aromatic carbocycles. The first-order valence-corrected chi connectivity index (χ1v) is 10.9. The summed E-state index contributed by atoms with van der Waals surface area (Å²) in [5.41, 5.74) is 5.19. The van der Waals surface area contributed by atoms with E-state index in [1.807, 2.05) is 12.4 Å². The number of fused-ring (bicyclic) bond motifs is 2. The summed E-state index contributed by atoms with van der Waals surface area (Å²) >= 11 is 8.27. The van der Waals surface area contributed by atoms with Crippen molar-refractivity contribution in [3.63, 3.8) is 0 Å². The number of halogens is 1. The van der Waals surface area contributed by atoms with E-state index in [0.29, 0.717) is 0 Å². The van der Waals surface area contributed by atoms with Gasteiger partial charge in [0.2, 0.25) is 0 Å². The van der Waals surface area contributed by atoms with Gasteiger partial charge in [-0.1, -0.05) is 17.7 Å². The standard InChI is InChI=1S/C21H23ClN4S/c22-18-12-19-16(1-4-24-19)11-15(18)2-5-25-6-8-26(9-7-25)20-13-23-14-21-17(20)3-10-27-21/h3,10-14,24H,1-2,4-9H2. The van der Waals surface area contributed by atoms with Crippen molar-refractivity contribution < 1.29 is 0 Å². The number of nitrogens with one attached hydrogen (secondary N) is 1. The molecule has 0 bridgehead atoms. The van der Waals surface area contributed by atoms with Crippen molar-refractivity contribution in [1.82, 2.24) is 9.88 Å². The molecule has 3 aromatic rings. The predicted octanol–water partition coefficient (Wildman–Crippen LogP) is 4.28. The van der Waals surface area contributed by atoms with Gasteiger partial charge in [0, 0.05) is 61.6 Å². The van der Waals surface area contributed by atoms with Crippen LogP contribution in [-0.4, -0.2) is 49.2 Å². The summed E-state index contributed by atoms with van der Waals surface area (Å²) in [6, 6.07) is 6.62. The highest BCUT2D eigenvalue weighted by molar-refractivity contribution is 7.17. The smallest absolute Gasteiger partial charge is 0.0641 e. The molecular formula is C21H23ClN4S. The van der Waals surface area contributed by atoms with Gasteiger partial charge in [-0.15, -0.1) is 11.3 Å². The Hall–Kier alpha value is -1.82. The Bertz CT molecular complexity index is 962. The van der Waals surface area contributed by atoms with E-state index in [4.69, 9.17) is 11.6 Å². The van der Waals surface area contributed by atoms with Crippen LogP contribution >= 0.6 is 22.9 Å². The van der Waals surface area contributed by atoms with Crippen molar-refractivity contribution in [3.8, 4) is 0 Å². The number of benzene rings is 1. The molecule has 4 heterocycles. The van der Waals surface area contributed by atoms with Crippen LogP contribution in [0, 0.1) is 0 Å². The van der Waals surface area contributed by atoms with Gasteiger partial charge < -0.3 is 10.2 Å². The number of aromatic nitrogens is 1. The summed E-state index contributed by atoms with van der Waals surface area (Å²) in [4.78, 5) is 9.46. The molecule has 6 heteroatoms. The lowest BCUT2D eigenvalue weighted by atomic mass is 10.1. The summed E-state index contributed by atoms with van der Waals surface area (Å²) in [7, 11) is 0. The van der Waals surface area contributed by atoms with Crippen LogP contribution in [-0.2, 0) is 12.8 Å². The van der Waals surface area contributed by atoms with Gasteiger partial charge >= 0.3 is 0 Å². The molecule has 0 aliphatic carbocycles. The van der Waals surface area contributed by atoms with E-state index in [-0.39, 0.29) is 0 Å². The second-order valence-corrected chi connectivity index (χ2v) is 8.70. The van der Waals surface area contributed by atoms with E-state index < -0.39 is 0 Å². The van der Waals surface area contributed by atoms with Gasteiger partial charge in [-0.25, -0.2) is 0 Å². The van der Waals surface area contributed by atoms with Crippen LogP contribution < -0.4 is 10.2 Å². The Labute approximate surface area is 168 Å². The minimum Gasteiger partial charge on any atom is -0.384 e. The molecule has 1 N–H and O–H groups in total. The van der Waals surface area contributed by atoms with Crippen molar-refractivity contribution in [3.05, 3.63) is 52.1 Å². The Kier molecular flexibility index (Phi) is 4.68. The topological polar surface area (TPSA) is 31.4 Å². The molecular weight excluding hydrogens is 376 g/mol. The van der Waals surface area contributed by atoms with E-state index in [1.54, 1.807) is 11.3 Å². The monoisotopic (exact) mass is 398 g/mol. The van der Waals surface area contributed by atoms with Gasteiger partial charge in [0.15, 0.2) is 0 Å². The average molecular weight is 399 g/mol. The van der Waals surface area contributed by atoms with Gasteiger partial charge in [-0.2, -0.15) is 0 Å². The Morgan fingerprint density at radius 3 is 2.93 bits per heavy atom. The molecule has 2 aliphatic heterocycles. The normalized spacial score (nSPS) is 17.3. The van der Waals surface area contributed by atoms with Crippen LogP contribution in [0.3, 0.4) is 0 Å². The molecule has 5 rings (SSSR count). The fraction of sp³-hybridized carbons (Fsp3) is 0.381. The predicted molar refractivity (Wildman–Crippen MR) is 116 cm³/mol. The Balaban J connectivity index is 1.21. The van der Waals surface area contributed by atoms with E-state index in [0.717, 1.165) is 57.1 Å². The molecule has 0 spiro atoms. The number of thiophene rings is 1. The van der Waals surface area contributed by atoms with Crippen molar-refractivity contribution in [2.45, 2.75) is 12.8 Å². The number of pyridine rings is 1. The maximum atomic E-state index is 6.50. The van der Waals surface area contributed by atoms with Gasteiger partial charge in [-0.05, 0) is 41.5 Å². The van der Waals surface area contributed by atoms with E-state index in [9.17, 15) is 0 Å². The maximum absolute atomic E-state index is 6.50. The highest BCUT2D eigenvalue weighted by atomic mass is 35.5. The zero-order chi connectivity index (χ0) is 18.2. The molecule has 0 saturated carbocycles. The van der Waals surface area contributed by atoms with E-state index >= 15 is 0 Å². The van der Waals surface area contributed by atoms with Crippen molar-refractivity contribution in [1.29, 1.82) is 0 Å². The first-order chi connectivity index (χ1) is 13.3. The summed E-state index contributed by atoms with van der Waals surface area (Å²) in [6.07, 6.45) is 6.12. The first kappa shape index (κ1) is 17.3. The molecule has 0 unspecified atom stereocenters. The molecule has 4 nitrogen and oxygen atoms in total. The third kappa shape index (κ3) is 3.40. The summed E-state index contributed by atoms with van der Waals surface area (Å²) in [5, 5.41) is 7.79. The van der Waals surface area contributed by atoms with Crippen LogP contribution in [0.2, 0.25) is 5.02 Å². The number of rotatable bonds is 4. The minimum absolute atomic E-state index is 0.900. The first-order valence-electron chi connectivity index (χ1n) is 9.61. The Morgan fingerprint density at radius 2 is 2.04 bits per heavy atom. The SMILES string of the molecule is Clc1cc2c(cc1CCN1CCN(c3cncc4sccc34)CC1)CCN2. The van der Waals surface area contributed by atoms with Gasteiger partial charge in [-0.3, -0.25) is 9.88 Å². The highest BCUT2D eigenvalue weighted by Crippen LogP contribution is 2.31. The molecule has 27 heavy (non-hydrogen) atoms. The fourth-order valence-corrected chi connectivity index (χ4v) is 5.21. The summed E-state index contributed by atoms with van der Waals surface area (Å²) < 4.78 is 1.27. The third-order valence-electron chi connectivity index (χ3n) is 5.75. The molecule has 0 radical (unpaired) electrons. The molecule has 0 atom stereocenters. The van der Waals surface area contributed by atoms with E-state index in [1.165, 1.54) is 32.6 Å². The zero-order valence-corrected chi connectivity index (χ0v) is 16.8. The molecule has 140 valence electrons. The van der Waals surface area contributed by atoms with Crippen LogP contribution in [0.4, 0.5) is 11.4 Å². The largest absolute Gasteiger partial charge is 0.384 e. The molecule has 2 aliphatic rings. The molecule has 0 amide bonds. The van der Waals surface area contributed by atoms with Gasteiger partial charge in [0.05, 0.1) is 16.6 Å². The molecule has 1 saturated heterocycles. The van der Waals surface area contributed by atoms with Crippen LogP contribution in [0.25, 0.3) is 10.1 Å². The molecule has 1 fully saturated rings. The van der Waals surface area contributed by atoms with E-state index in [2.05, 4.69) is 43.7 Å². The van der Waals surface area contributed by atoms with Crippen molar-refractivity contribution >= 4 is 44.4 Å². The van der Waals surface area contributed by atoms with Crippen molar-refractivity contribution in [2.24, 2.45) is 0 Å². The zero-order valence-electron chi connectivity index (χ0n) is 15.2. The average Bonchev–Trinajstić information content (AvgIpc) is 3.35. The Morgan fingerprint density at radius 1 is 1.15 bits per heavy atom. The lowest BCUT2D eigenvalue weighted by Crippen LogP contribution is -2.47. The fourth-order valence-electron chi connectivity index (χ4n) is 4.18. The lowest BCUT2D eigenvalue weighted by Gasteiger charge is -2.36. The summed E-state index contributed by atoms with van der Waals surface area (Å²) in [6.45, 7) is 6.38. The van der Waals surface area contributed by atoms with Crippen LogP contribution in [0.15, 0.2) is 36.0 Å². The maximum Gasteiger partial charge on any atom is 0.0641 e. The van der Waals surface area contributed by atoms with Crippen LogP contribution in [0.1, 0.15) is 11.1 Å². The second kappa shape index (κ2) is 7.30. The quantitative estimate of drug-likeness (QED) is 0.710.